The van der Waals surface area contributed by atoms with Crippen molar-refractivity contribution in [1.29, 1.82) is 0 Å². The van der Waals surface area contributed by atoms with Gasteiger partial charge in [0, 0.05) is 37.7 Å². The van der Waals surface area contributed by atoms with Gasteiger partial charge in [0.25, 0.3) is 5.91 Å². The number of rotatable bonds is 5. The molecule has 1 fully saturated rings. The molecule has 142 valence electrons. The number of hydrogen-bond donors (Lipinski definition) is 1. The van der Waals surface area contributed by atoms with Gasteiger partial charge < -0.3 is 15.1 Å². The van der Waals surface area contributed by atoms with E-state index in [0.717, 1.165) is 0 Å². The first kappa shape index (κ1) is 19.9. The lowest BCUT2D eigenvalue weighted by Crippen LogP contribution is -2.57. The van der Waals surface area contributed by atoms with Crippen molar-refractivity contribution in [3.63, 3.8) is 0 Å². The predicted octanol–water partition coefficient (Wildman–Crippen LogP) is 1.77. The Balaban J connectivity index is 1.99. The van der Waals surface area contributed by atoms with Crippen LogP contribution in [0.25, 0.3) is 0 Å². The molecule has 1 aliphatic heterocycles. The second-order valence-corrected chi connectivity index (χ2v) is 7.37. The maximum Gasteiger partial charge on any atom is 0.251 e. The Morgan fingerprint density at radius 3 is 1.81 bits per heavy atom. The zero-order valence-electron chi connectivity index (χ0n) is 16.1. The molecule has 1 N–H and O–H groups in total. The highest BCUT2D eigenvalue weighted by atomic mass is 16.2. The molecule has 0 bridgehead atoms. The Kier molecular flexibility index (Phi) is 6.77. The van der Waals surface area contributed by atoms with Gasteiger partial charge in [-0.15, -0.1) is 0 Å². The number of nitrogens with one attached hydrogen (secondary N) is 1. The van der Waals surface area contributed by atoms with Crippen molar-refractivity contribution in [1.82, 2.24) is 15.1 Å². The largest absolute Gasteiger partial charge is 0.340 e. The summed E-state index contributed by atoms with van der Waals surface area (Å²) in [5.74, 6) is -0.265. The lowest BCUT2D eigenvalue weighted by atomic mass is 10.0. The van der Waals surface area contributed by atoms with Gasteiger partial charge in [-0.25, -0.2) is 0 Å². The van der Waals surface area contributed by atoms with Crippen molar-refractivity contribution in [3.05, 3.63) is 35.9 Å². The Bertz CT molecular complexity index is 635. The van der Waals surface area contributed by atoms with Crippen LogP contribution in [0, 0.1) is 11.8 Å². The molecule has 0 radical (unpaired) electrons. The van der Waals surface area contributed by atoms with Crippen molar-refractivity contribution >= 4 is 17.7 Å². The topological polar surface area (TPSA) is 69.7 Å². The van der Waals surface area contributed by atoms with Crippen molar-refractivity contribution in [2.75, 3.05) is 26.2 Å². The highest BCUT2D eigenvalue weighted by molar-refractivity contribution is 5.97. The van der Waals surface area contributed by atoms with Crippen LogP contribution in [0.2, 0.25) is 0 Å². The number of carbonyl (C=O) groups is 3. The molecular weight excluding hydrogens is 330 g/mol. The van der Waals surface area contributed by atoms with Gasteiger partial charge in [0.05, 0.1) is 0 Å². The quantitative estimate of drug-likeness (QED) is 0.871. The van der Waals surface area contributed by atoms with E-state index in [1.165, 1.54) is 0 Å². The number of amides is 3. The summed E-state index contributed by atoms with van der Waals surface area (Å²) in [4.78, 5) is 41.0. The molecule has 0 aliphatic carbocycles. The molecule has 1 atom stereocenters. The first-order valence-electron chi connectivity index (χ1n) is 9.24. The van der Waals surface area contributed by atoms with Gasteiger partial charge >= 0.3 is 0 Å². The smallest absolute Gasteiger partial charge is 0.251 e. The summed E-state index contributed by atoms with van der Waals surface area (Å²) in [7, 11) is 0. The van der Waals surface area contributed by atoms with Gasteiger partial charge in [-0.3, -0.25) is 14.4 Å². The van der Waals surface area contributed by atoms with E-state index in [4.69, 9.17) is 0 Å². The zero-order chi connectivity index (χ0) is 19.3. The van der Waals surface area contributed by atoms with Gasteiger partial charge in [0.15, 0.2) is 0 Å². The summed E-state index contributed by atoms with van der Waals surface area (Å²) in [6, 6.07) is 8.33. The lowest BCUT2D eigenvalue weighted by Gasteiger charge is -2.37. The van der Waals surface area contributed by atoms with Crippen LogP contribution in [0.15, 0.2) is 30.3 Å². The first-order chi connectivity index (χ1) is 12.3. The van der Waals surface area contributed by atoms with Gasteiger partial charge in [-0.1, -0.05) is 45.9 Å². The van der Waals surface area contributed by atoms with Crippen LogP contribution < -0.4 is 5.32 Å². The summed E-state index contributed by atoms with van der Waals surface area (Å²) in [5, 5.41) is 2.87. The Morgan fingerprint density at radius 2 is 1.35 bits per heavy atom. The summed E-state index contributed by atoms with van der Waals surface area (Å²) in [6.07, 6.45) is 0. The van der Waals surface area contributed by atoms with Crippen LogP contribution in [0.3, 0.4) is 0 Å². The maximum absolute atomic E-state index is 12.9. The van der Waals surface area contributed by atoms with E-state index < -0.39 is 6.04 Å². The predicted molar refractivity (Wildman–Crippen MR) is 101 cm³/mol. The summed E-state index contributed by atoms with van der Waals surface area (Å²) in [5.41, 5.74) is 0.540. The third kappa shape index (κ3) is 4.84. The molecule has 2 rings (SSSR count). The van der Waals surface area contributed by atoms with Crippen LogP contribution in [-0.4, -0.2) is 59.7 Å². The fourth-order valence-corrected chi connectivity index (χ4v) is 3.04. The van der Waals surface area contributed by atoms with Gasteiger partial charge in [-0.2, -0.15) is 0 Å². The van der Waals surface area contributed by atoms with Gasteiger partial charge in [0.2, 0.25) is 11.8 Å². The first-order valence-corrected chi connectivity index (χ1v) is 9.24. The molecule has 0 spiro atoms. The average molecular weight is 359 g/mol. The zero-order valence-corrected chi connectivity index (χ0v) is 16.1. The Hall–Kier alpha value is -2.37. The van der Waals surface area contributed by atoms with Crippen LogP contribution in [-0.2, 0) is 9.59 Å². The van der Waals surface area contributed by atoms with Gasteiger partial charge in [-0.05, 0) is 18.1 Å². The minimum atomic E-state index is -0.574. The summed E-state index contributed by atoms with van der Waals surface area (Å²) in [6.45, 7) is 9.70. The summed E-state index contributed by atoms with van der Waals surface area (Å²) < 4.78 is 0. The molecule has 1 aliphatic rings. The molecule has 6 nitrogen and oxygen atoms in total. The monoisotopic (exact) mass is 359 g/mol. The summed E-state index contributed by atoms with van der Waals surface area (Å²) >= 11 is 0. The SMILES string of the molecule is CC(C)C(=O)N1CCN(C(=O)C(NC(=O)c2ccccc2)C(C)C)CC1. The van der Waals surface area contributed by atoms with E-state index >= 15 is 0 Å². The second kappa shape index (κ2) is 8.83. The van der Waals surface area contributed by atoms with Crippen molar-refractivity contribution in [2.24, 2.45) is 11.8 Å². The average Bonchev–Trinajstić information content (AvgIpc) is 2.65. The van der Waals surface area contributed by atoms with E-state index in [-0.39, 0.29) is 29.6 Å². The molecule has 1 aromatic carbocycles. The molecule has 1 unspecified atom stereocenters. The second-order valence-electron chi connectivity index (χ2n) is 7.37. The standard InChI is InChI=1S/C20H29N3O3/c1-14(2)17(21-18(24)16-8-6-5-7-9-16)20(26)23-12-10-22(11-13-23)19(25)15(3)4/h5-9,14-15,17H,10-13H2,1-4H3,(H,21,24). The molecule has 3 amide bonds. The Labute approximate surface area is 155 Å². The molecule has 6 heteroatoms. The van der Waals surface area contributed by atoms with Crippen molar-refractivity contribution in [3.8, 4) is 0 Å². The van der Waals surface area contributed by atoms with Crippen LogP contribution >= 0.6 is 0 Å². The third-order valence-corrected chi connectivity index (χ3v) is 4.65. The van der Waals surface area contributed by atoms with Crippen LogP contribution in [0.4, 0.5) is 0 Å². The molecule has 1 heterocycles. The number of carbonyl (C=O) groups excluding carboxylic acids is 3. The van der Waals surface area contributed by atoms with Gasteiger partial charge in [0.1, 0.15) is 6.04 Å². The highest BCUT2D eigenvalue weighted by Gasteiger charge is 2.32. The fourth-order valence-electron chi connectivity index (χ4n) is 3.04. The number of hydrogen-bond acceptors (Lipinski definition) is 3. The highest BCUT2D eigenvalue weighted by Crippen LogP contribution is 2.12. The van der Waals surface area contributed by atoms with Crippen molar-refractivity contribution in [2.45, 2.75) is 33.7 Å². The molecule has 0 aromatic heterocycles. The van der Waals surface area contributed by atoms with Crippen molar-refractivity contribution < 1.29 is 14.4 Å². The molecule has 1 saturated heterocycles. The third-order valence-electron chi connectivity index (χ3n) is 4.65. The van der Waals surface area contributed by atoms with E-state index in [2.05, 4.69) is 5.32 Å². The molecule has 26 heavy (non-hydrogen) atoms. The fraction of sp³-hybridized carbons (Fsp3) is 0.550. The minimum absolute atomic E-state index is 0.0227. The normalized spacial score (nSPS) is 15.9. The molecule has 1 aromatic rings. The molecule has 0 saturated carbocycles. The maximum atomic E-state index is 12.9. The lowest BCUT2D eigenvalue weighted by molar-refractivity contribution is -0.142. The van der Waals surface area contributed by atoms with E-state index in [9.17, 15) is 14.4 Å². The molecular formula is C20H29N3O3. The Morgan fingerprint density at radius 1 is 0.846 bits per heavy atom. The van der Waals surface area contributed by atoms with E-state index in [1.807, 2.05) is 33.8 Å². The number of piperazine rings is 1. The van der Waals surface area contributed by atoms with E-state index in [0.29, 0.717) is 31.7 Å². The van der Waals surface area contributed by atoms with Crippen LogP contribution in [0.5, 0.6) is 0 Å². The number of nitrogens with zero attached hydrogens (tertiary/aromatic N) is 2. The minimum Gasteiger partial charge on any atom is -0.340 e. The number of benzene rings is 1. The van der Waals surface area contributed by atoms with Crippen LogP contribution in [0.1, 0.15) is 38.1 Å². The van der Waals surface area contributed by atoms with E-state index in [1.54, 1.807) is 34.1 Å².